The van der Waals surface area contributed by atoms with Gasteiger partial charge in [-0.25, -0.2) is 13.6 Å². The third-order valence-electron chi connectivity index (χ3n) is 2.30. The Labute approximate surface area is 102 Å². The largest absolute Gasteiger partial charge is 0.494 e. The summed E-state index contributed by atoms with van der Waals surface area (Å²) < 4.78 is 27.7. The van der Waals surface area contributed by atoms with Crippen molar-refractivity contribution in [2.45, 2.75) is 31.1 Å². The number of hydrogen-bond acceptors (Lipinski definition) is 4. The van der Waals surface area contributed by atoms with Crippen molar-refractivity contribution in [3.05, 3.63) is 18.2 Å². The Morgan fingerprint density at radius 1 is 1.29 bits per heavy atom. The molecule has 0 aliphatic rings. The highest BCUT2D eigenvalue weighted by Crippen LogP contribution is 2.23. The van der Waals surface area contributed by atoms with Gasteiger partial charge in [0, 0.05) is 6.07 Å². The molecule has 1 aromatic carbocycles. The van der Waals surface area contributed by atoms with E-state index in [9.17, 15) is 8.42 Å². The summed E-state index contributed by atoms with van der Waals surface area (Å²) in [6, 6.07) is 4.40. The summed E-state index contributed by atoms with van der Waals surface area (Å²) in [6.45, 7) is 2.71. The first-order chi connectivity index (χ1) is 7.95. The molecular formula is C11H18N2O3S. The summed E-state index contributed by atoms with van der Waals surface area (Å²) in [5, 5.41) is 5.00. The molecule has 0 heterocycles. The van der Waals surface area contributed by atoms with Crippen molar-refractivity contribution in [2.75, 3.05) is 12.3 Å². The Kier molecular flexibility index (Phi) is 4.77. The van der Waals surface area contributed by atoms with Crippen LogP contribution >= 0.6 is 0 Å². The molecule has 0 radical (unpaired) electrons. The fourth-order valence-corrected chi connectivity index (χ4v) is 2.06. The maximum absolute atomic E-state index is 11.1. The van der Waals surface area contributed by atoms with E-state index in [1.807, 2.05) is 0 Å². The van der Waals surface area contributed by atoms with Crippen LogP contribution in [0.2, 0.25) is 0 Å². The number of rotatable bonds is 6. The van der Waals surface area contributed by atoms with Crippen molar-refractivity contribution < 1.29 is 13.2 Å². The van der Waals surface area contributed by atoms with Crippen LogP contribution < -0.4 is 15.6 Å². The van der Waals surface area contributed by atoms with E-state index in [1.165, 1.54) is 12.1 Å². The van der Waals surface area contributed by atoms with Crippen molar-refractivity contribution in [3.63, 3.8) is 0 Å². The zero-order chi connectivity index (χ0) is 12.9. The van der Waals surface area contributed by atoms with Crippen LogP contribution in [-0.4, -0.2) is 15.0 Å². The first kappa shape index (κ1) is 13.8. The van der Waals surface area contributed by atoms with Crippen LogP contribution in [0.4, 0.5) is 5.69 Å². The summed E-state index contributed by atoms with van der Waals surface area (Å²) in [5.41, 5.74) is 5.71. The minimum Gasteiger partial charge on any atom is -0.494 e. The summed E-state index contributed by atoms with van der Waals surface area (Å²) >= 11 is 0. The lowest BCUT2D eigenvalue weighted by Crippen LogP contribution is -2.14. The summed E-state index contributed by atoms with van der Waals surface area (Å²) in [4.78, 5) is -0.0709. The Bertz CT molecular complexity index is 472. The van der Waals surface area contributed by atoms with Crippen molar-refractivity contribution >= 4 is 15.7 Å². The molecule has 1 aromatic rings. The molecule has 0 atom stereocenters. The molecule has 0 unspecified atom stereocenters. The van der Waals surface area contributed by atoms with Gasteiger partial charge in [-0.15, -0.1) is 0 Å². The van der Waals surface area contributed by atoms with Gasteiger partial charge in [-0.3, -0.25) is 0 Å². The zero-order valence-corrected chi connectivity index (χ0v) is 10.7. The molecule has 5 nitrogen and oxygen atoms in total. The van der Waals surface area contributed by atoms with E-state index in [-0.39, 0.29) is 10.6 Å². The third kappa shape index (κ3) is 4.24. The molecule has 4 N–H and O–H groups in total. The number of benzene rings is 1. The number of primary sulfonamides is 1. The van der Waals surface area contributed by atoms with E-state index in [4.69, 9.17) is 15.6 Å². The zero-order valence-electron chi connectivity index (χ0n) is 9.85. The average molecular weight is 258 g/mol. The highest BCUT2D eigenvalue weighted by molar-refractivity contribution is 7.89. The lowest BCUT2D eigenvalue weighted by molar-refractivity contribution is 0.306. The number of ether oxygens (including phenoxy) is 1. The number of unbranched alkanes of at least 4 members (excludes halogenated alkanes) is 2. The Hall–Kier alpha value is -1.27. The van der Waals surface area contributed by atoms with E-state index >= 15 is 0 Å². The number of anilines is 1. The van der Waals surface area contributed by atoms with E-state index in [0.29, 0.717) is 12.4 Å². The van der Waals surface area contributed by atoms with Crippen LogP contribution in [0, 0.1) is 0 Å². The lowest BCUT2D eigenvalue weighted by Gasteiger charge is -2.08. The number of nitrogen functional groups attached to an aromatic ring is 1. The summed E-state index contributed by atoms with van der Waals surface area (Å²) in [7, 11) is -3.76. The van der Waals surface area contributed by atoms with Gasteiger partial charge in [0.25, 0.3) is 0 Å². The van der Waals surface area contributed by atoms with Crippen molar-refractivity contribution in [1.29, 1.82) is 0 Å². The molecule has 1 rings (SSSR count). The van der Waals surface area contributed by atoms with E-state index in [1.54, 1.807) is 6.07 Å². The molecule has 0 bridgehead atoms. The Morgan fingerprint density at radius 2 is 2.00 bits per heavy atom. The van der Waals surface area contributed by atoms with Gasteiger partial charge < -0.3 is 10.5 Å². The summed E-state index contributed by atoms with van der Waals surface area (Å²) in [6.07, 6.45) is 3.19. The Morgan fingerprint density at radius 3 is 2.53 bits per heavy atom. The summed E-state index contributed by atoms with van der Waals surface area (Å²) in [5.74, 6) is 0.561. The molecule has 0 aromatic heterocycles. The first-order valence-corrected chi connectivity index (χ1v) is 7.05. The van der Waals surface area contributed by atoms with Gasteiger partial charge in [-0.2, -0.15) is 0 Å². The maximum atomic E-state index is 11.1. The third-order valence-corrected chi connectivity index (χ3v) is 3.29. The molecule has 17 heavy (non-hydrogen) atoms. The second-order valence-electron chi connectivity index (χ2n) is 3.80. The maximum Gasteiger partial charge on any atom is 0.240 e. The van der Waals surface area contributed by atoms with Crippen LogP contribution in [0.25, 0.3) is 0 Å². The van der Waals surface area contributed by atoms with Gasteiger partial charge in [0.2, 0.25) is 10.0 Å². The van der Waals surface area contributed by atoms with Crippen molar-refractivity contribution in [2.24, 2.45) is 5.14 Å². The van der Waals surface area contributed by atoms with E-state index < -0.39 is 10.0 Å². The fourth-order valence-electron chi connectivity index (χ4n) is 1.42. The highest BCUT2D eigenvalue weighted by atomic mass is 32.2. The molecule has 96 valence electrons. The molecular weight excluding hydrogens is 240 g/mol. The molecule has 0 amide bonds. The highest BCUT2D eigenvalue weighted by Gasteiger charge is 2.12. The minimum absolute atomic E-state index is 0.0709. The molecule has 0 saturated heterocycles. The van der Waals surface area contributed by atoms with Crippen LogP contribution in [0.5, 0.6) is 5.75 Å². The second kappa shape index (κ2) is 5.88. The van der Waals surface area contributed by atoms with Crippen molar-refractivity contribution in [3.8, 4) is 5.75 Å². The Balaban J connectivity index is 2.70. The molecule has 0 saturated carbocycles. The van der Waals surface area contributed by atoms with Gasteiger partial charge in [0.1, 0.15) is 10.6 Å². The standard InChI is InChI=1S/C11H18N2O3S/c1-2-3-4-7-16-9-5-6-11(10(12)8-9)17(13,14)15/h5-6,8H,2-4,7,12H2,1H3,(H2,13,14,15). The lowest BCUT2D eigenvalue weighted by atomic mass is 10.2. The minimum atomic E-state index is -3.76. The van der Waals surface area contributed by atoms with Crippen LogP contribution in [0.3, 0.4) is 0 Å². The molecule has 0 aliphatic heterocycles. The van der Waals surface area contributed by atoms with Crippen LogP contribution in [0.1, 0.15) is 26.2 Å². The normalized spacial score (nSPS) is 11.4. The average Bonchev–Trinajstić information content (AvgIpc) is 2.23. The number of hydrogen-bond donors (Lipinski definition) is 2. The molecule has 0 spiro atoms. The van der Waals surface area contributed by atoms with Crippen molar-refractivity contribution in [1.82, 2.24) is 0 Å². The van der Waals surface area contributed by atoms with E-state index in [0.717, 1.165) is 19.3 Å². The molecule has 0 fully saturated rings. The van der Waals surface area contributed by atoms with E-state index in [2.05, 4.69) is 6.92 Å². The van der Waals surface area contributed by atoms with Gasteiger partial charge in [0.15, 0.2) is 0 Å². The first-order valence-electron chi connectivity index (χ1n) is 5.50. The smallest absolute Gasteiger partial charge is 0.240 e. The molecule has 0 aliphatic carbocycles. The fraction of sp³-hybridized carbons (Fsp3) is 0.455. The van der Waals surface area contributed by atoms with Gasteiger partial charge >= 0.3 is 0 Å². The van der Waals surface area contributed by atoms with Gasteiger partial charge in [0.05, 0.1) is 12.3 Å². The predicted molar refractivity (Wildman–Crippen MR) is 67.2 cm³/mol. The second-order valence-corrected chi connectivity index (χ2v) is 5.33. The predicted octanol–water partition coefficient (Wildman–Crippen LogP) is 1.49. The topological polar surface area (TPSA) is 95.4 Å². The monoisotopic (exact) mass is 258 g/mol. The quantitative estimate of drug-likeness (QED) is 0.597. The van der Waals surface area contributed by atoms with Gasteiger partial charge in [-0.05, 0) is 18.6 Å². The number of sulfonamides is 1. The van der Waals surface area contributed by atoms with Crippen LogP contribution in [0.15, 0.2) is 23.1 Å². The van der Waals surface area contributed by atoms with Crippen LogP contribution in [-0.2, 0) is 10.0 Å². The van der Waals surface area contributed by atoms with Gasteiger partial charge in [-0.1, -0.05) is 19.8 Å². The number of nitrogens with two attached hydrogens (primary N) is 2. The molecule has 6 heteroatoms. The SMILES string of the molecule is CCCCCOc1ccc(S(N)(=O)=O)c(N)c1.